The fourth-order valence-electron chi connectivity index (χ4n) is 2.11. The topological polar surface area (TPSA) is 43.8 Å². The molecular formula is C15H19BrClN3S. The lowest BCUT2D eigenvalue weighted by Crippen LogP contribution is -2.27. The van der Waals surface area contributed by atoms with Crippen molar-refractivity contribution in [2.75, 3.05) is 5.75 Å². The van der Waals surface area contributed by atoms with Crippen LogP contribution in [0.3, 0.4) is 0 Å². The van der Waals surface area contributed by atoms with Crippen LogP contribution in [0.2, 0.25) is 5.02 Å². The predicted molar refractivity (Wildman–Crippen MR) is 94.2 cm³/mol. The summed E-state index contributed by atoms with van der Waals surface area (Å²) in [6, 6.07) is 8.32. The maximum Gasteiger partial charge on any atom is 0.0847 e. The number of hydrogen-bond acceptors (Lipinski definition) is 3. The van der Waals surface area contributed by atoms with Gasteiger partial charge in [-0.15, -0.1) is 11.8 Å². The monoisotopic (exact) mass is 387 g/mol. The lowest BCUT2D eigenvalue weighted by Gasteiger charge is -2.13. The van der Waals surface area contributed by atoms with Gasteiger partial charge in [-0.3, -0.25) is 4.68 Å². The number of thioether (sulfide) groups is 1. The number of aryl methyl sites for hydroxylation is 2. The maximum absolute atomic E-state index is 6.32. The Morgan fingerprint density at radius 2 is 2.05 bits per heavy atom. The molecule has 6 heteroatoms. The van der Waals surface area contributed by atoms with Gasteiger partial charge < -0.3 is 5.73 Å². The van der Waals surface area contributed by atoms with Crippen LogP contribution >= 0.6 is 39.3 Å². The van der Waals surface area contributed by atoms with Crippen LogP contribution in [0.25, 0.3) is 0 Å². The summed E-state index contributed by atoms with van der Waals surface area (Å²) in [4.78, 5) is 1.22. The van der Waals surface area contributed by atoms with Gasteiger partial charge in [0.15, 0.2) is 0 Å². The molecule has 0 bridgehead atoms. The van der Waals surface area contributed by atoms with Crippen LogP contribution in [0.5, 0.6) is 0 Å². The van der Waals surface area contributed by atoms with Gasteiger partial charge in [-0.1, -0.05) is 27.5 Å². The van der Waals surface area contributed by atoms with Crippen molar-refractivity contribution in [1.29, 1.82) is 0 Å². The molecule has 2 rings (SSSR count). The number of benzene rings is 1. The standard InChI is InChI=1S/C15H19BrClN3S/c1-3-20-14(15(17)10(2)19-20)8-12(18)9-21-13-6-4-11(16)5-7-13/h4-7,12H,3,8-9,18H2,1-2H3. The summed E-state index contributed by atoms with van der Waals surface area (Å²) in [6.07, 6.45) is 0.747. The minimum absolute atomic E-state index is 0.0533. The van der Waals surface area contributed by atoms with E-state index in [1.807, 2.05) is 23.7 Å². The molecule has 0 aliphatic heterocycles. The van der Waals surface area contributed by atoms with Gasteiger partial charge in [-0.25, -0.2) is 0 Å². The van der Waals surface area contributed by atoms with Crippen LogP contribution in [0.1, 0.15) is 18.3 Å². The van der Waals surface area contributed by atoms with Gasteiger partial charge in [0.05, 0.1) is 16.4 Å². The smallest absolute Gasteiger partial charge is 0.0847 e. The molecule has 1 aromatic heterocycles. The first kappa shape index (κ1) is 16.9. The Morgan fingerprint density at radius 3 is 2.67 bits per heavy atom. The average molecular weight is 389 g/mol. The second-order valence-corrected chi connectivity index (χ2v) is 7.28. The van der Waals surface area contributed by atoms with Crippen molar-refractivity contribution in [3.05, 3.63) is 45.1 Å². The molecule has 2 aromatic rings. The minimum Gasteiger partial charge on any atom is -0.327 e. The van der Waals surface area contributed by atoms with Crippen LogP contribution in [-0.4, -0.2) is 21.6 Å². The molecule has 0 spiro atoms. The van der Waals surface area contributed by atoms with Crippen molar-refractivity contribution < 1.29 is 0 Å². The quantitative estimate of drug-likeness (QED) is 0.751. The molecule has 2 N–H and O–H groups in total. The van der Waals surface area contributed by atoms with Crippen molar-refractivity contribution in [3.63, 3.8) is 0 Å². The molecule has 1 heterocycles. The number of nitrogens with zero attached hydrogens (tertiary/aromatic N) is 2. The Labute approximate surface area is 143 Å². The Morgan fingerprint density at radius 1 is 1.38 bits per heavy atom. The van der Waals surface area contributed by atoms with Crippen LogP contribution < -0.4 is 5.73 Å². The first-order chi connectivity index (χ1) is 10.0. The molecule has 0 saturated heterocycles. The number of aromatic nitrogens is 2. The zero-order valence-corrected chi connectivity index (χ0v) is 15.3. The Balaban J connectivity index is 1.95. The average Bonchev–Trinajstić information content (AvgIpc) is 2.74. The lowest BCUT2D eigenvalue weighted by atomic mass is 10.2. The third kappa shape index (κ3) is 4.49. The second-order valence-electron chi connectivity index (χ2n) is 4.89. The third-order valence-electron chi connectivity index (χ3n) is 3.19. The SMILES string of the molecule is CCn1nc(C)c(Cl)c1CC(N)CSc1ccc(Br)cc1. The van der Waals surface area contributed by atoms with Crippen LogP contribution in [0.15, 0.2) is 33.6 Å². The van der Waals surface area contributed by atoms with Gasteiger partial charge in [0.25, 0.3) is 0 Å². The Bertz CT molecular complexity index is 598. The third-order valence-corrected chi connectivity index (χ3v) is 5.41. The highest BCUT2D eigenvalue weighted by Gasteiger charge is 2.15. The number of hydrogen-bond donors (Lipinski definition) is 1. The van der Waals surface area contributed by atoms with Crippen LogP contribution in [-0.2, 0) is 13.0 Å². The van der Waals surface area contributed by atoms with E-state index < -0.39 is 0 Å². The normalized spacial score (nSPS) is 12.6. The fourth-order valence-corrected chi connectivity index (χ4v) is 3.44. The summed E-state index contributed by atoms with van der Waals surface area (Å²) in [6.45, 7) is 4.81. The molecule has 114 valence electrons. The van der Waals surface area contributed by atoms with Gasteiger partial charge in [0.2, 0.25) is 0 Å². The van der Waals surface area contributed by atoms with Crippen molar-refractivity contribution in [3.8, 4) is 0 Å². The van der Waals surface area contributed by atoms with E-state index in [0.29, 0.717) is 0 Å². The lowest BCUT2D eigenvalue weighted by molar-refractivity contribution is 0.594. The molecule has 21 heavy (non-hydrogen) atoms. The molecule has 0 saturated carbocycles. The zero-order chi connectivity index (χ0) is 15.4. The Hall–Kier alpha value is -0.490. The van der Waals surface area contributed by atoms with E-state index in [0.717, 1.165) is 39.6 Å². The van der Waals surface area contributed by atoms with E-state index in [9.17, 15) is 0 Å². The van der Waals surface area contributed by atoms with E-state index in [1.54, 1.807) is 11.8 Å². The van der Waals surface area contributed by atoms with E-state index in [1.165, 1.54) is 4.90 Å². The summed E-state index contributed by atoms with van der Waals surface area (Å²) in [5.41, 5.74) is 8.17. The van der Waals surface area contributed by atoms with Gasteiger partial charge in [0, 0.05) is 34.1 Å². The molecule has 1 unspecified atom stereocenters. The molecule has 0 amide bonds. The summed E-state index contributed by atoms with van der Waals surface area (Å²) in [5.74, 6) is 0.853. The molecule has 0 aliphatic rings. The van der Waals surface area contributed by atoms with Crippen LogP contribution in [0.4, 0.5) is 0 Å². The van der Waals surface area contributed by atoms with Gasteiger partial charge >= 0.3 is 0 Å². The molecule has 3 nitrogen and oxygen atoms in total. The largest absolute Gasteiger partial charge is 0.327 e. The second kappa shape index (κ2) is 7.68. The van der Waals surface area contributed by atoms with Gasteiger partial charge in [-0.05, 0) is 38.1 Å². The molecule has 1 aromatic carbocycles. The van der Waals surface area contributed by atoms with Crippen molar-refractivity contribution >= 4 is 39.3 Å². The highest BCUT2D eigenvalue weighted by molar-refractivity contribution is 9.10. The zero-order valence-electron chi connectivity index (χ0n) is 12.1. The molecule has 0 radical (unpaired) electrons. The van der Waals surface area contributed by atoms with Crippen molar-refractivity contribution in [1.82, 2.24) is 9.78 Å². The molecule has 1 atom stereocenters. The van der Waals surface area contributed by atoms with E-state index in [2.05, 4.69) is 40.1 Å². The highest BCUT2D eigenvalue weighted by atomic mass is 79.9. The highest BCUT2D eigenvalue weighted by Crippen LogP contribution is 2.24. The van der Waals surface area contributed by atoms with Crippen molar-refractivity contribution in [2.45, 2.75) is 37.8 Å². The minimum atomic E-state index is 0.0533. The summed E-state index contributed by atoms with van der Waals surface area (Å²) in [7, 11) is 0. The maximum atomic E-state index is 6.32. The molecule has 0 fully saturated rings. The molecule has 0 aliphatic carbocycles. The number of halogens is 2. The van der Waals surface area contributed by atoms with E-state index in [-0.39, 0.29) is 6.04 Å². The van der Waals surface area contributed by atoms with E-state index >= 15 is 0 Å². The summed E-state index contributed by atoms with van der Waals surface area (Å²) < 4.78 is 3.03. The van der Waals surface area contributed by atoms with Gasteiger partial charge in [0.1, 0.15) is 0 Å². The van der Waals surface area contributed by atoms with Crippen molar-refractivity contribution in [2.24, 2.45) is 5.73 Å². The fraction of sp³-hybridized carbons (Fsp3) is 0.400. The molecular weight excluding hydrogens is 370 g/mol. The first-order valence-corrected chi connectivity index (χ1v) is 9.02. The predicted octanol–water partition coefficient (Wildman–Crippen LogP) is 4.29. The summed E-state index contributed by atoms with van der Waals surface area (Å²) in [5, 5.41) is 5.18. The number of nitrogens with two attached hydrogens (primary N) is 1. The summed E-state index contributed by atoms with van der Waals surface area (Å²) >= 11 is 11.5. The van der Waals surface area contributed by atoms with Crippen LogP contribution in [0, 0.1) is 6.92 Å². The van der Waals surface area contributed by atoms with Gasteiger partial charge in [-0.2, -0.15) is 5.10 Å². The Kier molecular flexibility index (Phi) is 6.17. The van der Waals surface area contributed by atoms with E-state index in [4.69, 9.17) is 17.3 Å². The number of rotatable bonds is 6. The first-order valence-electron chi connectivity index (χ1n) is 6.87.